The van der Waals surface area contributed by atoms with Gasteiger partial charge in [0.15, 0.2) is 11.4 Å². The van der Waals surface area contributed by atoms with E-state index in [0.717, 1.165) is 0 Å². The number of fused-ring (bicyclic) bond motifs is 3. The molecule has 9 nitrogen and oxygen atoms in total. The van der Waals surface area contributed by atoms with E-state index in [1.807, 2.05) is 0 Å². The summed E-state index contributed by atoms with van der Waals surface area (Å²) in [4.78, 5) is 38.2. The highest BCUT2D eigenvalue weighted by Crippen LogP contribution is 2.50. The Balaban J connectivity index is 2.11. The van der Waals surface area contributed by atoms with Gasteiger partial charge in [-0.15, -0.1) is 0 Å². The van der Waals surface area contributed by atoms with E-state index in [9.17, 15) is 34.8 Å². The average molecular weight is 426 g/mol. The van der Waals surface area contributed by atoms with Crippen LogP contribution in [0.3, 0.4) is 0 Å². The molecule has 0 spiro atoms. The normalized spacial score (nSPS) is 25.5. The Labute approximate surface area is 176 Å². The molecule has 3 atom stereocenters. The Bertz CT molecular complexity index is 1250. The molecule has 2 aromatic carbocycles. The molecule has 4 rings (SSSR count). The lowest BCUT2D eigenvalue weighted by Gasteiger charge is -2.45. The van der Waals surface area contributed by atoms with Gasteiger partial charge in [0.05, 0.1) is 17.0 Å². The SMILES string of the molecule is CN[C@H]1C(=O)C(C(N)=O)=C(O)[C@@]2(O)C(=O)c3c(c(C)c4ccc(C)c(O)c4c3O)C[C@@H]12. The monoisotopic (exact) mass is 426 g/mol. The van der Waals surface area contributed by atoms with Crippen LogP contribution in [0.5, 0.6) is 11.5 Å². The fraction of sp³-hybridized carbons (Fsp3) is 0.318. The number of carbonyl (C=O) groups is 3. The van der Waals surface area contributed by atoms with Gasteiger partial charge in [-0.1, -0.05) is 12.1 Å². The summed E-state index contributed by atoms with van der Waals surface area (Å²) >= 11 is 0. The predicted molar refractivity (Wildman–Crippen MR) is 110 cm³/mol. The van der Waals surface area contributed by atoms with Crippen molar-refractivity contribution in [1.82, 2.24) is 5.32 Å². The van der Waals surface area contributed by atoms with Crippen molar-refractivity contribution in [2.24, 2.45) is 11.7 Å². The Hall–Kier alpha value is -3.43. The van der Waals surface area contributed by atoms with Gasteiger partial charge in [-0.25, -0.2) is 0 Å². The lowest BCUT2D eigenvalue weighted by Crippen LogP contribution is -2.64. The minimum Gasteiger partial charge on any atom is -0.508 e. The molecule has 0 unspecified atom stereocenters. The number of aryl methyl sites for hydroxylation is 2. The molecule has 0 fully saturated rings. The maximum absolute atomic E-state index is 13.6. The van der Waals surface area contributed by atoms with E-state index in [0.29, 0.717) is 22.1 Å². The predicted octanol–water partition coefficient (Wildman–Crippen LogP) is 0.422. The Morgan fingerprint density at radius 3 is 2.39 bits per heavy atom. The van der Waals surface area contributed by atoms with E-state index < -0.39 is 52.1 Å². The number of primary amides is 1. The number of phenols is 2. The molecule has 0 saturated heterocycles. The van der Waals surface area contributed by atoms with Crippen LogP contribution >= 0.6 is 0 Å². The first-order valence-electron chi connectivity index (χ1n) is 9.67. The molecule has 9 heteroatoms. The molecular weight excluding hydrogens is 404 g/mol. The Morgan fingerprint density at radius 1 is 1.16 bits per heavy atom. The van der Waals surface area contributed by atoms with Crippen molar-refractivity contribution in [3.8, 4) is 11.5 Å². The third-order valence-electron chi connectivity index (χ3n) is 6.63. The van der Waals surface area contributed by atoms with Gasteiger partial charge in [-0.3, -0.25) is 14.4 Å². The molecule has 0 saturated carbocycles. The van der Waals surface area contributed by atoms with E-state index >= 15 is 0 Å². The summed E-state index contributed by atoms with van der Waals surface area (Å²) < 4.78 is 0. The van der Waals surface area contributed by atoms with Gasteiger partial charge in [0.2, 0.25) is 5.78 Å². The highest BCUT2D eigenvalue weighted by molar-refractivity contribution is 6.25. The van der Waals surface area contributed by atoms with Gasteiger partial charge in [-0.2, -0.15) is 0 Å². The van der Waals surface area contributed by atoms with Gasteiger partial charge in [-0.05, 0) is 49.4 Å². The quantitative estimate of drug-likeness (QED) is 0.375. The molecule has 0 aliphatic heterocycles. The molecule has 7 N–H and O–H groups in total. The van der Waals surface area contributed by atoms with Crippen LogP contribution < -0.4 is 11.1 Å². The number of rotatable bonds is 2. The number of aromatic hydroxyl groups is 2. The third kappa shape index (κ3) is 2.41. The zero-order chi connectivity index (χ0) is 23.0. The number of nitrogens with two attached hydrogens (primary N) is 1. The van der Waals surface area contributed by atoms with Crippen molar-refractivity contribution >= 4 is 28.2 Å². The van der Waals surface area contributed by atoms with Crippen molar-refractivity contribution in [3.05, 3.63) is 45.7 Å². The van der Waals surface area contributed by atoms with Crippen molar-refractivity contribution in [3.63, 3.8) is 0 Å². The fourth-order valence-corrected chi connectivity index (χ4v) is 4.95. The molecule has 31 heavy (non-hydrogen) atoms. The molecular formula is C22H22N2O7. The van der Waals surface area contributed by atoms with Crippen LogP contribution in [0.4, 0.5) is 0 Å². The summed E-state index contributed by atoms with van der Waals surface area (Å²) in [6.07, 6.45) is -0.0606. The van der Waals surface area contributed by atoms with Crippen LogP contribution in [0.1, 0.15) is 27.0 Å². The first-order valence-corrected chi connectivity index (χ1v) is 9.67. The van der Waals surface area contributed by atoms with Crippen LogP contribution in [0.2, 0.25) is 0 Å². The van der Waals surface area contributed by atoms with Crippen LogP contribution in [0.15, 0.2) is 23.5 Å². The second-order valence-corrected chi connectivity index (χ2v) is 8.11. The van der Waals surface area contributed by atoms with Gasteiger partial charge < -0.3 is 31.5 Å². The number of carbonyl (C=O) groups excluding carboxylic acids is 3. The summed E-state index contributed by atoms with van der Waals surface area (Å²) in [7, 11) is 1.43. The van der Waals surface area contributed by atoms with E-state index in [4.69, 9.17) is 5.73 Å². The summed E-state index contributed by atoms with van der Waals surface area (Å²) in [6, 6.07) is 2.20. The summed E-state index contributed by atoms with van der Waals surface area (Å²) in [5, 5.41) is 46.8. The number of nitrogens with one attached hydrogen (secondary N) is 1. The molecule has 0 bridgehead atoms. The standard InChI is InChI=1S/C22H22N2O7/c1-7-4-5-9-8(2)10-6-11-15(24-3)18(27)14(21(23)30)20(29)22(11,31)19(28)13(10)17(26)12(9)16(7)25/h4-5,11,15,24-26,29,31H,6H2,1-3H3,(H2,23,30)/t11-,15+,22-/m0/s1. The first kappa shape index (κ1) is 20.8. The molecule has 162 valence electrons. The molecule has 0 heterocycles. The van der Waals surface area contributed by atoms with Gasteiger partial charge in [0.25, 0.3) is 5.91 Å². The summed E-state index contributed by atoms with van der Waals surface area (Å²) in [6.45, 7) is 3.34. The summed E-state index contributed by atoms with van der Waals surface area (Å²) in [5.74, 6) is -6.21. The van der Waals surface area contributed by atoms with Gasteiger partial charge >= 0.3 is 0 Å². The minimum atomic E-state index is -2.66. The topological polar surface area (TPSA) is 170 Å². The number of amides is 1. The number of benzene rings is 2. The average Bonchev–Trinajstić information content (AvgIpc) is 2.70. The highest BCUT2D eigenvalue weighted by Gasteiger charge is 2.61. The second-order valence-electron chi connectivity index (χ2n) is 8.11. The lowest BCUT2D eigenvalue weighted by molar-refractivity contribution is -0.128. The minimum absolute atomic E-state index is 0.0438. The molecule has 2 aromatic rings. The van der Waals surface area contributed by atoms with Crippen LogP contribution in [-0.4, -0.2) is 56.6 Å². The second kappa shape index (κ2) is 6.53. The highest BCUT2D eigenvalue weighted by atomic mass is 16.3. The van der Waals surface area contributed by atoms with E-state index in [2.05, 4.69) is 5.32 Å². The maximum Gasteiger partial charge on any atom is 0.255 e. The third-order valence-corrected chi connectivity index (χ3v) is 6.63. The molecule has 2 aliphatic carbocycles. The van der Waals surface area contributed by atoms with Crippen molar-refractivity contribution in [2.45, 2.75) is 31.9 Å². The number of aliphatic hydroxyl groups is 2. The number of hydrogen-bond donors (Lipinski definition) is 6. The van der Waals surface area contributed by atoms with Crippen LogP contribution in [0, 0.1) is 19.8 Å². The van der Waals surface area contributed by atoms with E-state index in [1.165, 1.54) is 7.05 Å². The zero-order valence-electron chi connectivity index (χ0n) is 17.1. The van der Waals surface area contributed by atoms with E-state index in [1.54, 1.807) is 26.0 Å². The van der Waals surface area contributed by atoms with E-state index in [-0.39, 0.29) is 23.1 Å². The number of hydrogen-bond acceptors (Lipinski definition) is 8. The zero-order valence-corrected chi connectivity index (χ0v) is 17.1. The fourth-order valence-electron chi connectivity index (χ4n) is 4.95. The molecule has 1 amide bonds. The first-order chi connectivity index (χ1) is 14.5. The van der Waals surface area contributed by atoms with Crippen molar-refractivity contribution in [2.75, 3.05) is 7.05 Å². The molecule has 2 aliphatic rings. The van der Waals surface area contributed by atoms with Gasteiger partial charge in [0, 0.05) is 5.92 Å². The van der Waals surface area contributed by atoms with Crippen molar-refractivity contribution in [1.29, 1.82) is 0 Å². The Kier molecular flexibility index (Phi) is 4.39. The largest absolute Gasteiger partial charge is 0.508 e. The molecule has 0 radical (unpaired) electrons. The number of Topliss-reactive ketones (excluding diaryl/α,β-unsaturated/α-hetero) is 2. The van der Waals surface area contributed by atoms with Crippen LogP contribution in [-0.2, 0) is 16.0 Å². The number of phenolic OH excluding ortho intramolecular Hbond substituents is 2. The number of aliphatic hydroxyl groups excluding tert-OH is 1. The summed E-state index contributed by atoms with van der Waals surface area (Å²) in [5.41, 5.74) is 2.89. The smallest absolute Gasteiger partial charge is 0.255 e. The lowest BCUT2D eigenvalue weighted by atomic mass is 9.61. The van der Waals surface area contributed by atoms with Gasteiger partial charge in [0.1, 0.15) is 22.8 Å². The van der Waals surface area contributed by atoms with Crippen molar-refractivity contribution < 1.29 is 34.8 Å². The maximum atomic E-state index is 13.6. The Morgan fingerprint density at radius 2 is 1.81 bits per heavy atom. The van der Waals surface area contributed by atoms with Crippen LogP contribution in [0.25, 0.3) is 10.8 Å². The number of ketones is 2. The number of likely N-dealkylation sites (N-methyl/N-ethyl adjacent to an activating group) is 1. The molecule has 0 aromatic heterocycles.